The summed E-state index contributed by atoms with van der Waals surface area (Å²) in [6.07, 6.45) is 3.55. The molecule has 0 unspecified atom stereocenters. The van der Waals surface area contributed by atoms with E-state index in [2.05, 4.69) is 22.9 Å². The van der Waals surface area contributed by atoms with Crippen LogP contribution in [0.2, 0.25) is 0 Å². The van der Waals surface area contributed by atoms with Gasteiger partial charge in [-0.15, -0.1) is 0 Å². The summed E-state index contributed by atoms with van der Waals surface area (Å²) >= 11 is 3.37. The highest BCUT2D eigenvalue weighted by Gasteiger charge is 2.05. The van der Waals surface area contributed by atoms with Crippen LogP contribution in [-0.2, 0) is 11.2 Å². The van der Waals surface area contributed by atoms with E-state index in [0.717, 1.165) is 22.7 Å². The lowest BCUT2D eigenvalue weighted by atomic mass is 10.1. The maximum Gasteiger partial charge on any atom is 0.328 e. The summed E-state index contributed by atoms with van der Waals surface area (Å²) in [4.78, 5) is 10.7. The summed E-state index contributed by atoms with van der Waals surface area (Å²) < 4.78 is 6.74. The van der Waals surface area contributed by atoms with E-state index in [-0.39, 0.29) is 0 Å². The van der Waals surface area contributed by atoms with Crippen LogP contribution >= 0.6 is 15.9 Å². The number of carboxylic acids is 1. The SMILES string of the molecule is CCc1cccc(Oc2ccc(Br)cc2/C=C/C(=O)O)c1. The summed E-state index contributed by atoms with van der Waals surface area (Å²) in [5.74, 6) is 0.361. The van der Waals surface area contributed by atoms with Gasteiger partial charge in [-0.3, -0.25) is 0 Å². The molecule has 0 radical (unpaired) electrons. The minimum absolute atomic E-state index is 0.615. The van der Waals surface area contributed by atoms with Crippen LogP contribution in [0, 0.1) is 0 Å². The Morgan fingerprint density at radius 2 is 2.10 bits per heavy atom. The van der Waals surface area contributed by atoms with Crippen molar-refractivity contribution in [2.24, 2.45) is 0 Å². The van der Waals surface area contributed by atoms with Gasteiger partial charge < -0.3 is 9.84 Å². The van der Waals surface area contributed by atoms with E-state index in [1.165, 1.54) is 11.6 Å². The molecule has 1 N–H and O–H groups in total. The molecule has 3 nitrogen and oxygen atoms in total. The second-order valence-electron chi connectivity index (χ2n) is 4.46. The first kappa shape index (κ1) is 15.3. The number of hydrogen-bond acceptors (Lipinski definition) is 2. The second kappa shape index (κ2) is 7.09. The molecular weight excluding hydrogens is 332 g/mol. The highest BCUT2D eigenvalue weighted by atomic mass is 79.9. The van der Waals surface area contributed by atoms with Gasteiger partial charge in [-0.05, 0) is 48.4 Å². The van der Waals surface area contributed by atoms with E-state index >= 15 is 0 Å². The summed E-state index contributed by atoms with van der Waals surface area (Å²) in [6.45, 7) is 2.08. The number of ether oxygens (including phenoxy) is 1. The minimum Gasteiger partial charge on any atom is -0.478 e. The average molecular weight is 347 g/mol. The molecular formula is C17H15BrO3. The fourth-order valence-electron chi connectivity index (χ4n) is 1.86. The van der Waals surface area contributed by atoms with E-state index in [1.54, 1.807) is 0 Å². The number of halogens is 1. The van der Waals surface area contributed by atoms with Gasteiger partial charge in [-0.2, -0.15) is 0 Å². The van der Waals surface area contributed by atoms with E-state index < -0.39 is 5.97 Å². The Bertz CT molecular complexity index is 677. The Kier molecular flexibility index (Phi) is 5.17. The first-order valence-corrected chi connectivity index (χ1v) is 7.35. The molecule has 108 valence electrons. The minimum atomic E-state index is -0.992. The normalized spacial score (nSPS) is 10.8. The van der Waals surface area contributed by atoms with Gasteiger partial charge in [0.1, 0.15) is 11.5 Å². The number of benzene rings is 2. The number of aliphatic carboxylic acids is 1. The molecule has 0 aliphatic carbocycles. The van der Waals surface area contributed by atoms with Crippen molar-refractivity contribution >= 4 is 28.0 Å². The Morgan fingerprint density at radius 1 is 1.29 bits per heavy atom. The van der Waals surface area contributed by atoms with Gasteiger partial charge in [0.05, 0.1) is 0 Å². The molecule has 0 amide bonds. The Balaban J connectivity index is 2.32. The van der Waals surface area contributed by atoms with Crippen molar-refractivity contribution in [3.05, 3.63) is 64.1 Å². The van der Waals surface area contributed by atoms with Gasteiger partial charge in [0, 0.05) is 16.1 Å². The van der Waals surface area contributed by atoms with Gasteiger partial charge >= 0.3 is 5.97 Å². The molecule has 0 fully saturated rings. The van der Waals surface area contributed by atoms with Crippen LogP contribution in [0.15, 0.2) is 53.0 Å². The highest BCUT2D eigenvalue weighted by molar-refractivity contribution is 9.10. The van der Waals surface area contributed by atoms with Crippen LogP contribution in [0.3, 0.4) is 0 Å². The zero-order valence-corrected chi connectivity index (χ0v) is 13.1. The van der Waals surface area contributed by atoms with Crippen LogP contribution < -0.4 is 4.74 Å². The zero-order valence-electron chi connectivity index (χ0n) is 11.5. The second-order valence-corrected chi connectivity index (χ2v) is 5.37. The third-order valence-corrected chi connectivity index (χ3v) is 3.41. The number of carbonyl (C=O) groups is 1. The predicted molar refractivity (Wildman–Crippen MR) is 86.7 cm³/mol. The van der Waals surface area contributed by atoms with Crippen molar-refractivity contribution in [2.75, 3.05) is 0 Å². The average Bonchev–Trinajstić information content (AvgIpc) is 2.47. The van der Waals surface area contributed by atoms with E-state index in [1.807, 2.05) is 42.5 Å². The molecule has 2 rings (SSSR count). The summed E-state index contributed by atoms with van der Waals surface area (Å²) in [5.41, 5.74) is 1.89. The van der Waals surface area contributed by atoms with E-state index in [4.69, 9.17) is 9.84 Å². The molecule has 21 heavy (non-hydrogen) atoms. The summed E-state index contributed by atoms with van der Waals surface area (Å²) in [6, 6.07) is 13.3. The summed E-state index contributed by atoms with van der Waals surface area (Å²) in [7, 11) is 0. The molecule has 0 aliphatic heterocycles. The predicted octanol–water partition coefficient (Wildman–Crippen LogP) is 4.90. The maximum atomic E-state index is 10.7. The molecule has 0 bridgehead atoms. The first-order chi connectivity index (χ1) is 10.1. The largest absolute Gasteiger partial charge is 0.478 e. The Labute approximate surface area is 132 Å². The van der Waals surface area contributed by atoms with Crippen LogP contribution in [0.25, 0.3) is 6.08 Å². The van der Waals surface area contributed by atoms with Gasteiger partial charge in [0.2, 0.25) is 0 Å². The van der Waals surface area contributed by atoms with Crippen LogP contribution in [0.5, 0.6) is 11.5 Å². The van der Waals surface area contributed by atoms with E-state index in [9.17, 15) is 4.79 Å². The third kappa shape index (κ3) is 4.46. The lowest BCUT2D eigenvalue weighted by Gasteiger charge is -2.10. The smallest absolute Gasteiger partial charge is 0.328 e. The Hall–Kier alpha value is -2.07. The fourth-order valence-corrected chi connectivity index (χ4v) is 2.24. The van der Waals surface area contributed by atoms with Crippen molar-refractivity contribution in [3.8, 4) is 11.5 Å². The third-order valence-electron chi connectivity index (χ3n) is 2.91. The van der Waals surface area contributed by atoms with Crippen LogP contribution in [0.1, 0.15) is 18.1 Å². The molecule has 2 aromatic carbocycles. The molecule has 0 aromatic heterocycles. The van der Waals surface area contributed by atoms with Crippen molar-refractivity contribution in [2.45, 2.75) is 13.3 Å². The maximum absolute atomic E-state index is 10.7. The number of hydrogen-bond donors (Lipinski definition) is 1. The van der Waals surface area contributed by atoms with Gasteiger partial charge in [-0.1, -0.05) is 35.0 Å². The summed E-state index contributed by atoms with van der Waals surface area (Å²) in [5, 5.41) is 8.75. The van der Waals surface area contributed by atoms with Gasteiger partial charge in [0.25, 0.3) is 0 Å². The molecule has 4 heteroatoms. The number of rotatable bonds is 5. The Morgan fingerprint density at radius 3 is 2.81 bits per heavy atom. The van der Waals surface area contributed by atoms with Gasteiger partial charge in [-0.25, -0.2) is 4.79 Å². The van der Waals surface area contributed by atoms with Crippen molar-refractivity contribution in [1.29, 1.82) is 0 Å². The van der Waals surface area contributed by atoms with Crippen molar-refractivity contribution in [1.82, 2.24) is 0 Å². The quantitative estimate of drug-likeness (QED) is 0.783. The zero-order chi connectivity index (χ0) is 15.2. The van der Waals surface area contributed by atoms with Crippen molar-refractivity contribution < 1.29 is 14.6 Å². The van der Waals surface area contributed by atoms with Gasteiger partial charge in [0.15, 0.2) is 0 Å². The lowest BCUT2D eigenvalue weighted by Crippen LogP contribution is -1.91. The number of carboxylic acid groups (broad SMARTS) is 1. The molecule has 0 saturated heterocycles. The number of aryl methyl sites for hydroxylation is 1. The topological polar surface area (TPSA) is 46.5 Å². The van der Waals surface area contributed by atoms with E-state index in [0.29, 0.717) is 11.3 Å². The standard InChI is InChI=1S/C17H15BrO3/c1-2-12-4-3-5-15(10-12)21-16-8-7-14(18)11-13(16)6-9-17(19)20/h3-11H,2H2,1H3,(H,19,20)/b9-6+. The molecule has 2 aromatic rings. The van der Waals surface area contributed by atoms with Crippen LogP contribution in [-0.4, -0.2) is 11.1 Å². The molecule has 0 saturated carbocycles. The lowest BCUT2D eigenvalue weighted by molar-refractivity contribution is -0.131. The molecule has 0 aliphatic rings. The highest BCUT2D eigenvalue weighted by Crippen LogP contribution is 2.29. The van der Waals surface area contributed by atoms with Crippen molar-refractivity contribution in [3.63, 3.8) is 0 Å². The molecule has 0 atom stereocenters. The molecule has 0 spiro atoms. The monoisotopic (exact) mass is 346 g/mol. The molecule has 0 heterocycles. The van der Waals surface area contributed by atoms with Crippen LogP contribution in [0.4, 0.5) is 0 Å². The fraction of sp³-hybridized carbons (Fsp3) is 0.118. The first-order valence-electron chi connectivity index (χ1n) is 6.56.